The van der Waals surface area contributed by atoms with Crippen LogP contribution in [0.25, 0.3) is 11.0 Å². The molecule has 0 saturated heterocycles. The van der Waals surface area contributed by atoms with Gasteiger partial charge in [-0.25, -0.2) is 4.98 Å². The van der Waals surface area contributed by atoms with Crippen molar-refractivity contribution in [3.63, 3.8) is 0 Å². The SMILES string of the molecule is CCOCCNC(=O)c1cn(C(C)(C)C)c2nc(NC(=O)c3ccc(C)c(C)c3)ncc12. The normalized spacial score (nSPS) is 11.6. The van der Waals surface area contributed by atoms with E-state index in [1.165, 1.54) is 0 Å². The van der Waals surface area contributed by atoms with E-state index in [2.05, 4.69) is 20.6 Å². The van der Waals surface area contributed by atoms with Crippen molar-refractivity contribution in [2.75, 3.05) is 25.1 Å². The fourth-order valence-corrected chi connectivity index (χ4v) is 3.29. The maximum absolute atomic E-state index is 12.8. The van der Waals surface area contributed by atoms with Gasteiger partial charge < -0.3 is 14.6 Å². The van der Waals surface area contributed by atoms with Gasteiger partial charge in [-0.1, -0.05) is 6.07 Å². The zero-order valence-corrected chi connectivity index (χ0v) is 19.6. The van der Waals surface area contributed by atoms with Crippen molar-refractivity contribution >= 4 is 28.8 Å². The third kappa shape index (κ3) is 5.13. The second-order valence-corrected chi connectivity index (χ2v) is 8.72. The van der Waals surface area contributed by atoms with Crippen LogP contribution in [0.3, 0.4) is 0 Å². The van der Waals surface area contributed by atoms with E-state index in [1.54, 1.807) is 18.5 Å². The number of carbonyl (C=O) groups excluding carboxylic acids is 2. The molecule has 0 atom stereocenters. The number of aryl methyl sites for hydroxylation is 2. The summed E-state index contributed by atoms with van der Waals surface area (Å²) in [5.41, 5.74) is 3.43. The zero-order chi connectivity index (χ0) is 23.5. The van der Waals surface area contributed by atoms with E-state index in [1.807, 2.05) is 58.2 Å². The highest BCUT2D eigenvalue weighted by Crippen LogP contribution is 2.27. The van der Waals surface area contributed by atoms with E-state index in [4.69, 9.17) is 4.74 Å². The largest absolute Gasteiger partial charge is 0.380 e. The maximum Gasteiger partial charge on any atom is 0.258 e. The van der Waals surface area contributed by atoms with Crippen LogP contribution < -0.4 is 10.6 Å². The van der Waals surface area contributed by atoms with Crippen LogP contribution in [0.5, 0.6) is 0 Å². The molecule has 2 heterocycles. The highest BCUT2D eigenvalue weighted by molar-refractivity contribution is 6.07. The van der Waals surface area contributed by atoms with Crippen molar-refractivity contribution in [1.29, 1.82) is 0 Å². The molecule has 8 heteroatoms. The Morgan fingerprint density at radius 3 is 2.53 bits per heavy atom. The molecule has 0 aliphatic carbocycles. The minimum absolute atomic E-state index is 0.188. The lowest BCUT2D eigenvalue weighted by Gasteiger charge is -2.22. The Labute approximate surface area is 188 Å². The summed E-state index contributed by atoms with van der Waals surface area (Å²) in [5.74, 6) is -0.309. The molecule has 0 bridgehead atoms. The predicted octanol–water partition coefficient (Wildman–Crippen LogP) is 3.82. The first-order chi connectivity index (χ1) is 15.1. The number of nitrogens with one attached hydrogen (secondary N) is 2. The van der Waals surface area contributed by atoms with E-state index in [9.17, 15) is 9.59 Å². The Balaban J connectivity index is 1.91. The zero-order valence-electron chi connectivity index (χ0n) is 19.6. The molecule has 0 aliphatic rings. The van der Waals surface area contributed by atoms with Crippen molar-refractivity contribution in [2.45, 2.75) is 47.1 Å². The maximum atomic E-state index is 12.8. The van der Waals surface area contributed by atoms with Gasteiger partial charge in [0.15, 0.2) is 0 Å². The van der Waals surface area contributed by atoms with Crippen LogP contribution in [0, 0.1) is 13.8 Å². The smallest absolute Gasteiger partial charge is 0.258 e. The Hall–Kier alpha value is -3.26. The van der Waals surface area contributed by atoms with Crippen LogP contribution >= 0.6 is 0 Å². The van der Waals surface area contributed by atoms with E-state index >= 15 is 0 Å². The molecule has 8 nitrogen and oxygen atoms in total. The molecular formula is C24H31N5O3. The quantitative estimate of drug-likeness (QED) is 0.548. The van der Waals surface area contributed by atoms with Crippen LogP contribution in [0.1, 0.15) is 59.5 Å². The number of carbonyl (C=O) groups is 2. The van der Waals surface area contributed by atoms with E-state index < -0.39 is 0 Å². The minimum Gasteiger partial charge on any atom is -0.380 e. The number of amides is 2. The van der Waals surface area contributed by atoms with E-state index in [0.29, 0.717) is 41.9 Å². The summed E-state index contributed by atoms with van der Waals surface area (Å²) in [7, 11) is 0. The van der Waals surface area contributed by atoms with Gasteiger partial charge in [0.05, 0.1) is 17.6 Å². The Bertz CT molecular complexity index is 1140. The molecule has 0 aliphatic heterocycles. The first-order valence-electron chi connectivity index (χ1n) is 10.7. The van der Waals surface area contributed by atoms with Gasteiger partial charge in [0.25, 0.3) is 11.8 Å². The van der Waals surface area contributed by atoms with Crippen LogP contribution in [-0.4, -0.2) is 46.1 Å². The van der Waals surface area contributed by atoms with Crippen molar-refractivity contribution < 1.29 is 14.3 Å². The molecule has 2 aromatic heterocycles. The summed E-state index contributed by atoms with van der Waals surface area (Å²) < 4.78 is 7.21. The molecule has 0 saturated carbocycles. The highest BCUT2D eigenvalue weighted by atomic mass is 16.5. The monoisotopic (exact) mass is 437 g/mol. The summed E-state index contributed by atoms with van der Waals surface area (Å²) in [6.45, 7) is 13.4. The lowest BCUT2D eigenvalue weighted by Crippen LogP contribution is -2.27. The van der Waals surface area contributed by atoms with Gasteiger partial charge in [-0.15, -0.1) is 0 Å². The molecule has 3 aromatic rings. The summed E-state index contributed by atoms with van der Waals surface area (Å²) in [6, 6.07) is 5.53. The summed E-state index contributed by atoms with van der Waals surface area (Å²) in [6.07, 6.45) is 3.36. The van der Waals surface area contributed by atoms with Gasteiger partial charge >= 0.3 is 0 Å². The number of fused-ring (bicyclic) bond motifs is 1. The number of aromatic nitrogens is 3. The standard InChI is InChI=1S/C24H31N5O3/c1-7-32-11-10-25-22(31)19-14-29(24(4,5)6)20-18(19)13-26-23(27-20)28-21(30)17-9-8-15(2)16(3)12-17/h8-9,12-14H,7,10-11H2,1-6H3,(H,25,31)(H,26,27,28,30). The molecule has 2 N–H and O–H groups in total. The van der Waals surface area contributed by atoms with Crippen LogP contribution in [0.4, 0.5) is 5.95 Å². The van der Waals surface area contributed by atoms with Gasteiger partial charge in [-0.05, 0) is 64.8 Å². The van der Waals surface area contributed by atoms with Gasteiger partial charge in [-0.3, -0.25) is 14.9 Å². The molecule has 170 valence electrons. The topological polar surface area (TPSA) is 98.1 Å². The Morgan fingerprint density at radius 1 is 1.12 bits per heavy atom. The van der Waals surface area contributed by atoms with Crippen molar-refractivity contribution in [3.8, 4) is 0 Å². The van der Waals surface area contributed by atoms with Gasteiger partial charge in [-0.2, -0.15) is 4.98 Å². The number of anilines is 1. The fraction of sp³-hybridized carbons (Fsp3) is 0.417. The Kier molecular flexibility index (Phi) is 6.93. The van der Waals surface area contributed by atoms with Gasteiger partial charge in [0, 0.05) is 36.6 Å². The lowest BCUT2D eigenvalue weighted by molar-refractivity contribution is 0.0923. The van der Waals surface area contributed by atoms with E-state index in [0.717, 1.165) is 11.1 Å². The molecule has 0 fully saturated rings. The average molecular weight is 438 g/mol. The molecule has 3 rings (SSSR count). The number of rotatable bonds is 7. The second-order valence-electron chi connectivity index (χ2n) is 8.72. The average Bonchev–Trinajstić information content (AvgIpc) is 3.12. The molecule has 0 radical (unpaired) electrons. The first kappa shape index (κ1) is 23.4. The summed E-state index contributed by atoms with van der Waals surface area (Å²) >= 11 is 0. The highest BCUT2D eigenvalue weighted by Gasteiger charge is 2.23. The predicted molar refractivity (Wildman–Crippen MR) is 125 cm³/mol. The second kappa shape index (κ2) is 9.48. The van der Waals surface area contributed by atoms with Crippen LogP contribution in [-0.2, 0) is 10.3 Å². The molecule has 0 spiro atoms. The van der Waals surface area contributed by atoms with Crippen molar-refractivity contribution in [2.24, 2.45) is 0 Å². The summed E-state index contributed by atoms with van der Waals surface area (Å²) in [4.78, 5) is 34.3. The molecule has 1 aromatic carbocycles. The number of benzene rings is 1. The van der Waals surface area contributed by atoms with Gasteiger partial charge in [0.2, 0.25) is 5.95 Å². The fourth-order valence-electron chi connectivity index (χ4n) is 3.29. The number of nitrogens with zero attached hydrogens (tertiary/aromatic N) is 3. The number of hydrogen-bond acceptors (Lipinski definition) is 5. The third-order valence-electron chi connectivity index (χ3n) is 5.24. The molecule has 32 heavy (non-hydrogen) atoms. The van der Waals surface area contributed by atoms with Gasteiger partial charge in [0.1, 0.15) is 5.65 Å². The lowest BCUT2D eigenvalue weighted by atomic mass is 10.1. The third-order valence-corrected chi connectivity index (χ3v) is 5.24. The number of hydrogen-bond donors (Lipinski definition) is 2. The van der Waals surface area contributed by atoms with Crippen molar-refractivity contribution in [1.82, 2.24) is 19.9 Å². The van der Waals surface area contributed by atoms with Crippen LogP contribution in [0.15, 0.2) is 30.6 Å². The van der Waals surface area contributed by atoms with Crippen LogP contribution in [0.2, 0.25) is 0 Å². The molecular weight excluding hydrogens is 406 g/mol. The van der Waals surface area contributed by atoms with Crippen molar-refractivity contribution in [3.05, 3.63) is 52.8 Å². The molecule has 0 unspecified atom stereocenters. The molecule has 2 amide bonds. The minimum atomic E-state index is -0.328. The first-order valence-corrected chi connectivity index (χ1v) is 10.7. The summed E-state index contributed by atoms with van der Waals surface area (Å²) in [5, 5.41) is 6.26. The van der Waals surface area contributed by atoms with E-state index in [-0.39, 0.29) is 23.3 Å². The number of ether oxygens (including phenoxy) is 1. The Morgan fingerprint density at radius 2 is 1.88 bits per heavy atom.